The van der Waals surface area contributed by atoms with Crippen molar-refractivity contribution in [1.82, 2.24) is 9.55 Å². The van der Waals surface area contributed by atoms with Gasteiger partial charge >= 0.3 is 5.97 Å². The van der Waals surface area contributed by atoms with Gasteiger partial charge in [0.05, 0.1) is 29.4 Å². The number of hydrogen-bond acceptors (Lipinski definition) is 6. The topological polar surface area (TPSA) is 90.3 Å². The number of carbonyl (C=O) groups is 2. The van der Waals surface area contributed by atoms with Crippen molar-refractivity contribution in [3.05, 3.63) is 57.5 Å². The SMILES string of the molecule is CCOC(=O)c1cc(C)sc1NC(=O)Cn1cnc2ccccc2c1=O. The molecule has 0 unspecified atom stereocenters. The minimum Gasteiger partial charge on any atom is -0.462 e. The van der Waals surface area contributed by atoms with Gasteiger partial charge in [0, 0.05) is 4.88 Å². The van der Waals surface area contributed by atoms with E-state index in [-0.39, 0.29) is 18.7 Å². The van der Waals surface area contributed by atoms with Crippen LogP contribution in [0.3, 0.4) is 0 Å². The fourth-order valence-electron chi connectivity index (χ4n) is 2.51. The van der Waals surface area contributed by atoms with Gasteiger partial charge in [-0.05, 0) is 32.0 Å². The smallest absolute Gasteiger partial charge is 0.341 e. The van der Waals surface area contributed by atoms with Crippen LogP contribution in [0.4, 0.5) is 5.00 Å². The van der Waals surface area contributed by atoms with Crippen molar-refractivity contribution in [2.75, 3.05) is 11.9 Å². The molecular formula is C18H17N3O4S. The molecule has 0 spiro atoms. The van der Waals surface area contributed by atoms with E-state index in [0.29, 0.717) is 21.5 Å². The quantitative estimate of drug-likeness (QED) is 0.696. The highest BCUT2D eigenvalue weighted by molar-refractivity contribution is 7.16. The first-order valence-electron chi connectivity index (χ1n) is 8.01. The van der Waals surface area contributed by atoms with E-state index >= 15 is 0 Å². The highest BCUT2D eigenvalue weighted by atomic mass is 32.1. The Balaban J connectivity index is 1.81. The lowest BCUT2D eigenvalue weighted by atomic mass is 10.2. The van der Waals surface area contributed by atoms with Crippen LogP contribution in [0, 0.1) is 6.92 Å². The lowest BCUT2D eigenvalue weighted by molar-refractivity contribution is -0.116. The molecule has 134 valence electrons. The van der Waals surface area contributed by atoms with Gasteiger partial charge in [-0.15, -0.1) is 11.3 Å². The molecule has 0 saturated carbocycles. The molecule has 3 rings (SSSR count). The summed E-state index contributed by atoms with van der Waals surface area (Å²) in [5, 5.41) is 3.54. The van der Waals surface area contributed by atoms with Crippen molar-refractivity contribution in [1.29, 1.82) is 0 Å². The van der Waals surface area contributed by atoms with Gasteiger partial charge in [0.15, 0.2) is 0 Å². The third-order valence-electron chi connectivity index (χ3n) is 3.65. The number of amides is 1. The minimum absolute atomic E-state index is 0.199. The largest absolute Gasteiger partial charge is 0.462 e. The highest BCUT2D eigenvalue weighted by Crippen LogP contribution is 2.28. The van der Waals surface area contributed by atoms with Crippen molar-refractivity contribution in [3.63, 3.8) is 0 Å². The van der Waals surface area contributed by atoms with Crippen molar-refractivity contribution in [3.8, 4) is 0 Å². The predicted molar refractivity (Wildman–Crippen MR) is 99.6 cm³/mol. The molecule has 0 bridgehead atoms. The number of anilines is 1. The lowest BCUT2D eigenvalue weighted by Crippen LogP contribution is -2.28. The molecule has 2 heterocycles. The molecule has 0 aliphatic carbocycles. The average Bonchev–Trinajstić information content (AvgIpc) is 2.98. The molecule has 0 atom stereocenters. The number of benzene rings is 1. The van der Waals surface area contributed by atoms with Gasteiger partial charge in [-0.2, -0.15) is 0 Å². The van der Waals surface area contributed by atoms with E-state index in [1.807, 2.05) is 6.92 Å². The van der Waals surface area contributed by atoms with E-state index in [9.17, 15) is 14.4 Å². The molecule has 1 aromatic carbocycles. The van der Waals surface area contributed by atoms with Gasteiger partial charge in [0.25, 0.3) is 5.56 Å². The summed E-state index contributed by atoms with van der Waals surface area (Å²) in [5.74, 6) is -0.909. The zero-order valence-electron chi connectivity index (χ0n) is 14.3. The summed E-state index contributed by atoms with van der Waals surface area (Å²) < 4.78 is 6.24. The Morgan fingerprint density at radius 3 is 2.85 bits per heavy atom. The van der Waals surface area contributed by atoms with E-state index in [4.69, 9.17) is 4.74 Å². The lowest BCUT2D eigenvalue weighted by Gasteiger charge is -2.08. The fourth-order valence-corrected chi connectivity index (χ4v) is 3.42. The summed E-state index contributed by atoms with van der Waals surface area (Å²) in [7, 11) is 0. The average molecular weight is 371 g/mol. The third kappa shape index (κ3) is 3.65. The van der Waals surface area contributed by atoms with E-state index in [1.165, 1.54) is 22.2 Å². The molecule has 7 nitrogen and oxygen atoms in total. The van der Waals surface area contributed by atoms with E-state index < -0.39 is 11.9 Å². The van der Waals surface area contributed by atoms with Crippen LogP contribution in [-0.2, 0) is 16.1 Å². The second kappa shape index (κ2) is 7.49. The Morgan fingerprint density at radius 2 is 2.08 bits per heavy atom. The molecule has 0 saturated heterocycles. The minimum atomic E-state index is -0.489. The molecule has 0 aliphatic heterocycles. The van der Waals surface area contributed by atoms with Crippen LogP contribution in [0.5, 0.6) is 0 Å². The number of ether oxygens (including phenoxy) is 1. The second-order valence-corrected chi connectivity index (χ2v) is 6.82. The van der Waals surface area contributed by atoms with E-state index in [1.54, 1.807) is 37.3 Å². The fraction of sp³-hybridized carbons (Fsp3) is 0.222. The number of carbonyl (C=O) groups excluding carboxylic acids is 2. The van der Waals surface area contributed by atoms with Gasteiger partial charge in [-0.3, -0.25) is 14.2 Å². The Bertz CT molecular complexity index is 1040. The molecule has 0 aliphatic rings. The van der Waals surface area contributed by atoms with Crippen LogP contribution >= 0.6 is 11.3 Å². The first-order chi connectivity index (χ1) is 12.5. The Morgan fingerprint density at radius 1 is 1.31 bits per heavy atom. The number of aromatic nitrogens is 2. The standard InChI is InChI=1S/C18H17N3O4S/c1-3-25-18(24)13-8-11(2)26-16(13)20-15(22)9-21-10-19-14-7-5-4-6-12(14)17(21)23/h4-8,10H,3,9H2,1-2H3,(H,20,22). The second-order valence-electron chi connectivity index (χ2n) is 5.56. The van der Waals surface area contributed by atoms with Crippen LogP contribution in [0.25, 0.3) is 10.9 Å². The normalized spacial score (nSPS) is 10.7. The molecule has 0 radical (unpaired) electrons. The number of thiophene rings is 1. The molecule has 3 aromatic rings. The molecule has 1 amide bonds. The number of para-hydroxylation sites is 1. The Labute approximate surface area is 153 Å². The van der Waals surface area contributed by atoms with Gasteiger partial charge in [0.2, 0.25) is 5.91 Å². The maximum absolute atomic E-state index is 12.5. The molecule has 26 heavy (non-hydrogen) atoms. The molecular weight excluding hydrogens is 354 g/mol. The summed E-state index contributed by atoms with van der Waals surface area (Å²) in [6.45, 7) is 3.60. The van der Waals surface area contributed by atoms with Crippen molar-refractivity contribution >= 4 is 39.1 Å². The van der Waals surface area contributed by atoms with Crippen LogP contribution in [0.15, 0.2) is 41.5 Å². The number of aryl methyl sites for hydroxylation is 1. The summed E-state index contributed by atoms with van der Waals surface area (Å²) in [6.07, 6.45) is 1.34. The summed E-state index contributed by atoms with van der Waals surface area (Å²) in [5.41, 5.74) is 0.595. The van der Waals surface area contributed by atoms with Gasteiger partial charge < -0.3 is 10.1 Å². The molecule has 8 heteroatoms. The Kier molecular flexibility index (Phi) is 5.13. The van der Waals surface area contributed by atoms with Crippen LogP contribution in [-0.4, -0.2) is 28.0 Å². The number of fused-ring (bicyclic) bond motifs is 1. The summed E-state index contributed by atoms with van der Waals surface area (Å²) >= 11 is 1.28. The maximum Gasteiger partial charge on any atom is 0.341 e. The number of nitrogens with one attached hydrogen (secondary N) is 1. The van der Waals surface area contributed by atoms with E-state index in [0.717, 1.165) is 4.88 Å². The van der Waals surface area contributed by atoms with Crippen molar-refractivity contribution in [2.45, 2.75) is 20.4 Å². The van der Waals surface area contributed by atoms with Crippen molar-refractivity contribution < 1.29 is 14.3 Å². The number of nitrogens with zero attached hydrogens (tertiary/aromatic N) is 2. The number of hydrogen-bond donors (Lipinski definition) is 1. The van der Waals surface area contributed by atoms with Crippen molar-refractivity contribution in [2.24, 2.45) is 0 Å². The summed E-state index contributed by atoms with van der Waals surface area (Å²) in [4.78, 5) is 41.9. The third-order valence-corrected chi connectivity index (χ3v) is 4.61. The Hall–Kier alpha value is -3.00. The van der Waals surface area contributed by atoms with Crippen LogP contribution in [0.1, 0.15) is 22.2 Å². The van der Waals surface area contributed by atoms with Gasteiger partial charge in [-0.25, -0.2) is 9.78 Å². The number of esters is 1. The highest BCUT2D eigenvalue weighted by Gasteiger charge is 2.18. The van der Waals surface area contributed by atoms with Gasteiger partial charge in [0.1, 0.15) is 11.5 Å². The molecule has 0 fully saturated rings. The zero-order chi connectivity index (χ0) is 18.7. The summed E-state index contributed by atoms with van der Waals surface area (Å²) in [6, 6.07) is 8.61. The first-order valence-corrected chi connectivity index (χ1v) is 8.83. The first kappa shape index (κ1) is 17.8. The molecule has 1 N–H and O–H groups in total. The maximum atomic E-state index is 12.5. The van der Waals surface area contributed by atoms with Crippen LogP contribution < -0.4 is 10.9 Å². The zero-order valence-corrected chi connectivity index (χ0v) is 15.1. The predicted octanol–water partition coefficient (Wildman–Crippen LogP) is 2.58. The number of rotatable bonds is 5. The molecule has 2 aromatic heterocycles. The van der Waals surface area contributed by atoms with Gasteiger partial charge in [-0.1, -0.05) is 12.1 Å². The van der Waals surface area contributed by atoms with Crippen LogP contribution in [0.2, 0.25) is 0 Å². The monoisotopic (exact) mass is 371 g/mol. The van der Waals surface area contributed by atoms with E-state index in [2.05, 4.69) is 10.3 Å².